The SMILES string of the molecule is c1ccc(-c2nc(-c3ccc4c(c3)oc3ccccc34)nc(-c3ccc4oc5c(-c6cccc7c6sc6ccccc67)cccc5c4c3)n2)cc1. The maximum absolute atomic E-state index is 6.64. The monoisotopic (exact) mass is 671 g/mol. The zero-order valence-electron chi connectivity index (χ0n) is 27.0. The number of para-hydroxylation sites is 2. The van der Waals surface area contributed by atoms with Crippen LogP contribution in [0.5, 0.6) is 0 Å². The number of rotatable bonds is 4. The smallest absolute Gasteiger partial charge is 0.164 e. The van der Waals surface area contributed by atoms with Crippen LogP contribution in [0.4, 0.5) is 0 Å². The molecule has 5 nitrogen and oxygen atoms in total. The van der Waals surface area contributed by atoms with E-state index in [0.29, 0.717) is 17.5 Å². The summed E-state index contributed by atoms with van der Waals surface area (Å²) < 4.78 is 15.4. The molecule has 0 amide bonds. The molecule has 0 spiro atoms. The topological polar surface area (TPSA) is 65.0 Å². The first kappa shape index (κ1) is 28.2. The fourth-order valence-electron chi connectivity index (χ4n) is 7.32. The fraction of sp³-hybridized carbons (Fsp3) is 0. The first-order valence-corrected chi connectivity index (χ1v) is 17.7. The van der Waals surface area contributed by atoms with Gasteiger partial charge in [0.25, 0.3) is 0 Å². The molecule has 51 heavy (non-hydrogen) atoms. The minimum Gasteiger partial charge on any atom is -0.456 e. The lowest BCUT2D eigenvalue weighted by molar-refractivity contribution is 0.669. The van der Waals surface area contributed by atoms with Gasteiger partial charge in [0, 0.05) is 69.5 Å². The molecular weight excluding hydrogens is 647 g/mol. The van der Waals surface area contributed by atoms with Crippen LogP contribution in [-0.2, 0) is 0 Å². The van der Waals surface area contributed by atoms with Gasteiger partial charge in [-0.25, -0.2) is 15.0 Å². The van der Waals surface area contributed by atoms with Gasteiger partial charge in [-0.05, 0) is 42.5 Å². The molecule has 0 aliphatic carbocycles. The molecule has 0 N–H and O–H groups in total. The quantitative estimate of drug-likeness (QED) is 0.186. The Bertz CT molecular complexity index is 3160. The molecule has 0 saturated carbocycles. The van der Waals surface area contributed by atoms with Gasteiger partial charge in [0.05, 0.1) is 0 Å². The van der Waals surface area contributed by atoms with E-state index in [2.05, 4.69) is 84.9 Å². The van der Waals surface area contributed by atoms with Gasteiger partial charge in [0.15, 0.2) is 17.5 Å². The average Bonchev–Trinajstić information content (AvgIpc) is 3.89. The zero-order valence-corrected chi connectivity index (χ0v) is 27.8. The predicted molar refractivity (Wildman–Crippen MR) is 209 cm³/mol. The number of nitrogens with zero attached hydrogens (tertiary/aromatic N) is 3. The fourth-order valence-corrected chi connectivity index (χ4v) is 8.55. The third-order valence-corrected chi connectivity index (χ3v) is 11.0. The standard InChI is InChI=1S/C45H25N3O2S/c1-2-10-26(11-3-1)43-46-44(48-45(47-43)28-20-22-30-29-12-4-6-18-37(29)49-39(30)25-28)27-21-23-38-36(24-27)33-15-8-14-32(41(33)50-38)35-17-9-16-34-31-13-5-7-19-40(31)51-42(34)35/h1-25H. The van der Waals surface area contributed by atoms with E-state index in [1.807, 2.05) is 78.1 Å². The maximum atomic E-state index is 6.64. The van der Waals surface area contributed by atoms with Crippen molar-refractivity contribution in [3.63, 3.8) is 0 Å². The number of aromatic nitrogens is 3. The Kier molecular flexibility index (Phi) is 6.05. The normalized spacial score (nSPS) is 11.9. The second-order valence-electron chi connectivity index (χ2n) is 12.8. The van der Waals surface area contributed by atoms with Gasteiger partial charge in [-0.15, -0.1) is 11.3 Å². The third-order valence-electron chi connectivity index (χ3n) is 9.75. The van der Waals surface area contributed by atoms with Crippen molar-refractivity contribution < 1.29 is 8.83 Å². The molecule has 0 saturated heterocycles. The Labute approximate surface area is 295 Å². The van der Waals surface area contributed by atoms with Gasteiger partial charge >= 0.3 is 0 Å². The van der Waals surface area contributed by atoms with Crippen LogP contribution in [0, 0.1) is 0 Å². The number of hydrogen-bond acceptors (Lipinski definition) is 6. The predicted octanol–water partition coefficient (Wildman–Crippen LogP) is 12.7. The largest absolute Gasteiger partial charge is 0.456 e. The van der Waals surface area contributed by atoms with Crippen LogP contribution >= 0.6 is 11.3 Å². The van der Waals surface area contributed by atoms with E-state index in [9.17, 15) is 0 Å². The molecule has 0 aliphatic rings. The molecule has 0 bridgehead atoms. The van der Waals surface area contributed by atoms with Gasteiger partial charge in [0.1, 0.15) is 22.3 Å². The van der Waals surface area contributed by atoms with E-state index < -0.39 is 0 Å². The highest BCUT2D eigenvalue weighted by Gasteiger charge is 2.19. The van der Waals surface area contributed by atoms with Crippen molar-refractivity contribution in [2.45, 2.75) is 0 Å². The molecule has 0 atom stereocenters. The van der Waals surface area contributed by atoms with Crippen molar-refractivity contribution in [1.82, 2.24) is 15.0 Å². The van der Waals surface area contributed by atoms with Gasteiger partial charge < -0.3 is 8.83 Å². The summed E-state index contributed by atoms with van der Waals surface area (Å²) in [6.07, 6.45) is 0. The number of fused-ring (bicyclic) bond motifs is 9. The van der Waals surface area contributed by atoms with Crippen molar-refractivity contribution in [2.24, 2.45) is 0 Å². The van der Waals surface area contributed by atoms with Crippen molar-refractivity contribution in [2.75, 3.05) is 0 Å². The van der Waals surface area contributed by atoms with Gasteiger partial charge in [0.2, 0.25) is 0 Å². The molecule has 11 aromatic rings. The summed E-state index contributed by atoms with van der Waals surface area (Å²) >= 11 is 1.83. The molecule has 11 rings (SSSR count). The van der Waals surface area contributed by atoms with Crippen molar-refractivity contribution in [1.29, 1.82) is 0 Å². The Morgan fingerprint density at radius 3 is 1.86 bits per heavy atom. The number of thiophene rings is 1. The summed E-state index contributed by atoms with van der Waals surface area (Å²) in [5, 5.41) is 6.76. The number of furan rings is 2. The van der Waals surface area contributed by atoms with Gasteiger partial charge in [-0.3, -0.25) is 0 Å². The molecule has 0 radical (unpaired) electrons. The van der Waals surface area contributed by atoms with Crippen LogP contribution in [0.3, 0.4) is 0 Å². The minimum absolute atomic E-state index is 0.581. The van der Waals surface area contributed by atoms with Crippen LogP contribution in [0.15, 0.2) is 160 Å². The molecule has 0 unspecified atom stereocenters. The highest BCUT2D eigenvalue weighted by atomic mass is 32.1. The first-order chi connectivity index (χ1) is 25.2. The van der Waals surface area contributed by atoms with Crippen LogP contribution < -0.4 is 0 Å². The van der Waals surface area contributed by atoms with E-state index in [0.717, 1.165) is 66.1 Å². The summed E-state index contributed by atoms with van der Waals surface area (Å²) in [5.41, 5.74) is 8.26. The van der Waals surface area contributed by atoms with Crippen LogP contribution in [0.1, 0.15) is 0 Å². The summed E-state index contributed by atoms with van der Waals surface area (Å²) in [6, 6.07) is 52.1. The Morgan fingerprint density at radius 2 is 1.00 bits per heavy atom. The Hall–Kier alpha value is -6.63. The second-order valence-corrected chi connectivity index (χ2v) is 13.8. The van der Waals surface area contributed by atoms with E-state index in [1.165, 1.54) is 25.7 Å². The lowest BCUT2D eigenvalue weighted by atomic mass is 10.00. The Balaban J connectivity index is 1.08. The van der Waals surface area contributed by atoms with E-state index in [1.54, 1.807) is 0 Å². The summed E-state index contributed by atoms with van der Waals surface area (Å²) in [4.78, 5) is 15.0. The molecular formula is C45H25N3O2S. The molecule has 4 aromatic heterocycles. The number of hydrogen-bond donors (Lipinski definition) is 0. The summed E-state index contributed by atoms with van der Waals surface area (Å²) in [5.74, 6) is 1.78. The molecule has 0 aliphatic heterocycles. The molecule has 238 valence electrons. The number of benzene rings is 7. The highest BCUT2D eigenvalue weighted by Crippen LogP contribution is 2.44. The highest BCUT2D eigenvalue weighted by molar-refractivity contribution is 7.26. The van der Waals surface area contributed by atoms with E-state index in [-0.39, 0.29) is 0 Å². The van der Waals surface area contributed by atoms with Crippen molar-refractivity contribution in [3.8, 4) is 45.3 Å². The van der Waals surface area contributed by atoms with E-state index in [4.69, 9.17) is 23.8 Å². The van der Waals surface area contributed by atoms with Gasteiger partial charge in [-0.1, -0.05) is 109 Å². The van der Waals surface area contributed by atoms with Crippen molar-refractivity contribution in [3.05, 3.63) is 152 Å². The van der Waals surface area contributed by atoms with Crippen LogP contribution in [0.25, 0.3) is 109 Å². The Morgan fingerprint density at radius 1 is 0.373 bits per heavy atom. The van der Waals surface area contributed by atoms with Crippen LogP contribution in [0.2, 0.25) is 0 Å². The molecule has 6 heteroatoms. The maximum Gasteiger partial charge on any atom is 0.164 e. The zero-order chi connectivity index (χ0) is 33.5. The molecule has 0 fully saturated rings. The minimum atomic E-state index is 0.581. The van der Waals surface area contributed by atoms with E-state index >= 15 is 0 Å². The molecule has 7 aromatic carbocycles. The lowest BCUT2D eigenvalue weighted by Crippen LogP contribution is -2.00. The second kappa shape index (κ2) is 10.9. The summed E-state index contributed by atoms with van der Waals surface area (Å²) in [6.45, 7) is 0. The first-order valence-electron chi connectivity index (χ1n) is 16.8. The third kappa shape index (κ3) is 4.43. The van der Waals surface area contributed by atoms with Crippen LogP contribution in [-0.4, -0.2) is 15.0 Å². The summed E-state index contributed by atoms with van der Waals surface area (Å²) in [7, 11) is 0. The molecule has 4 heterocycles. The van der Waals surface area contributed by atoms with Gasteiger partial charge in [-0.2, -0.15) is 0 Å². The average molecular weight is 672 g/mol. The van der Waals surface area contributed by atoms with Crippen molar-refractivity contribution >= 4 is 75.4 Å². The lowest BCUT2D eigenvalue weighted by Gasteiger charge is -2.08.